The van der Waals surface area contributed by atoms with Gasteiger partial charge in [-0.05, 0) is 24.6 Å². The number of pyridine rings is 1. The SMILES string of the molecule is COc1ccccc1-c1cc(C)c2nc(N)nn2c1. The third-order valence-corrected chi connectivity index (χ3v) is 3.05. The van der Waals surface area contributed by atoms with Gasteiger partial charge in [-0.3, -0.25) is 0 Å². The molecular weight excluding hydrogens is 240 g/mol. The van der Waals surface area contributed by atoms with Crippen LogP contribution in [-0.4, -0.2) is 21.7 Å². The van der Waals surface area contributed by atoms with E-state index < -0.39 is 0 Å². The molecule has 19 heavy (non-hydrogen) atoms. The Hall–Kier alpha value is -2.56. The summed E-state index contributed by atoms with van der Waals surface area (Å²) in [5.74, 6) is 1.11. The highest BCUT2D eigenvalue weighted by Gasteiger charge is 2.10. The van der Waals surface area contributed by atoms with Crippen molar-refractivity contribution in [2.24, 2.45) is 0 Å². The number of rotatable bonds is 2. The summed E-state index contributed by atoms with van der Waals surface area (Å²) in [4.78, 5) is 4.19. The molecule has 5 heteroatoms. The number of para-hydroxylation sites is 1. The van der Waals surface area contributed by atoms with E-state index in [-0.39, 0.29) is 5.95 Å². The molecule has 3 aromatic rings. The minimum absolute atomic E-state index is 0.278. The van der Waals surface area contributed by atoms with Crippen LogP contribution in [0, 0.1) is 6.92 Å². The fourth-order valence-corrected chi connectivity index (χ4v) is 2.20. The normalized spacial score (nSPS) is 10.8. The van der Waals surface area contributed by atoms with Gasteiger partial charge in [0, 0.05) is 17.3 Å². The van der Waals surface area contributed by atoms with Crippen molar-refractivity contribution in [2.75, 3.05) is 12.8 Å². The van der Waals surface area contributed by atoms with Crippen LogP contribution in [0.2, 0.25) is 0 Å². The molecule has 2 aromatic heterocycles. The largest absolute Gasteiger partial charge is 0.496 e. The second-order valence-electron chi connectivity index (χ2n) is 4.35. The number of nitrogens with zero attached hydrogens (tertiary/aromatic N) is 3. The van der Waals surface area contributed by atoms with Crippen molar-refractivity contribution in [3.63, 3.8) is 0 Å². The standard InChI is InChI=1S/C14H14N4O/c1-9-7-10(8-18-13(9)16-14(15)17-18)11-5-3-4-6-12(11)19-2/h3-8H,1-2H3,(H2,15,17). The summed E-state index contributed by atoms with van der Waals surface area (Å²) in [6.45, 7) is 1.99. The van der Waals surface area contributed by atoms with Gasteiger partial charge >= 0.3 is 0 Å². The van der Waals surface area contributed by atoms with E-state index in [0.29, 0.717) is 0 Å². The van der Waals surface area contributed by atoms with Crippen molar-refractivity contribution in [3.8, 4) is 16.9 Å². The van der Waals surface area contributed by atoms with Crippen molar-refractivity contribution < 1.29 is 4.74 Å². The van der Waals surface area contributed by atoms with Crippen molar-refractivity contribution in [1.29, 1.82) is 0 Å². The average molecular weight is 254 g/mol. The van der Waals surface area contributed by atoms with Crippen LogP contribution in [0.5, 0.6) is 5.75 Å². The molecule has 0 saturated heterocycles. The number of methoxy groups -OCH3 is 1. The molecule has 0 aliphatic heterocycles. The second-order valence-corrected chi connectivity index (χ2v) is 4.35. The Morgan fingerprint density at radius 2 is 2.05 bits per heavy atom. The number of hydrogen-bond donors (Lipinski definition) is 1. The molecule has 2 heterocycles. The summed E-state index contributed by atoms with van der Waals surface area (Å²) >= 11 is 0. The van der Waals surface area contributed by atoms with Crippen molar-refractivity contribution in [3.05, 3.63) is 42.1 Å². The molecule has 0 bridgehead atoms. The first kappa shape index (κ1) is 11.5. The van der Waals surface area contributed by atoms with E-state index in [4.69, 9.17) is 10.5 Å². The Labute approximate surface area is 110 Å². The molecule has 0 atom stereocenters. The summed E-state index contributed by atoms with van der Waals surface area (Å²) in [6.07, 6.45) is 1.91. The van der Waals surface area contributed by atoms with Gasteiger partial charge in [0.05, 0.1) is 7.11 Å². The molecule has 2 N–H and O–H groups in total. The topological polar surface area (TPSA) is 65.4 Å². The zero-order valence-electron chi connectivity index (χ0n) is 10.8. The molecule has 0 unspecified atom stereocenters. The number of aryl methyl sites for hydroxylation is 1. The molecule has 5 nitrogen and oxygen atoms in total. The van der Waals surface area contributed by atoms with Gasteiger partial charge in [0.15, 0.2) is 5.65 Å². The summed E-state index contributed by atoms with van der Waals surface area (Å²) in [5, 5.41) is 4.16. The van der Waals surface area contributed by atoms with Crippen molar-refractivity contribution >= 4 is 11.6 Å². The number of hydrogen-bond acceptors (Lipinski definition) is 4. The van der Waals surface area contributed by atoms with E-state index >= 15 is 0 Å². The smallest absolute Gasteiger partial charge is 0.240 e. The van der Waals surface area contributed by atoms with Gasteiger partial charge in [-0.2, -0.15) is 4.98 Å². The number of benzene rings is 1. The maximum atomic E-state index is 5.64. The van der Waals surface area contributed by atoms with Gasteiger partial charge in [-0.15, -0.1) is 5.10 Å². The summed E-state index contributed by atoms with van der Waals surface area (Å²) in [6, 6.07) is 9.93. The van der Waals surface area contributed by atoms with Crippen LogP contribution in [0.15, 0.2) is 36.5 Å². The predicted octanol–water partition coefficient (Wildman–Crippen LogP) is 2.30. The van der Waals surface area contributed by atoms with Crippen LogP contribution in [-0.2, 0) is 0 Å². The fourth-order valence-electron chi connectivity index (χ4n) is 2.20. The Kier molecular flexibility index (Phi) is 2.59. The lowest BCUT2D eigenvalue weighted by Crippen LogP contribution is -1.94. The first-order valence-corrected chi connectivity index (χ1v) is 5.95. The van der Waals surface area contributed by atoms with Crippen molar-refractivity contribution in [1.82, 2.24) is 14.6 Å². The van der Waals surface area contributed by atoms with Gasteiger partial charge in [0.2, 0.25) is 5.95 Å². The predicted molar refractivity (Wildman–Crippen MR) is 74.1 cm³/mol. The zero-order valence-corrected chi connectivity index (χ0v) is 10.8. The lowest BCUT2D eigenvalue weighted by Gasteiger charge is -2.09. The van der Waals surface area contributed by atoms with Gasteiger partial charge in [-0.1, -0.05) is 18.2 Å². The number of nitrogens with two attached hydrogens (primary N) is 1. The van der Waals surface area contributed by atoms with Crippen LogP contribution in [0.25, 0.3) is 16.8 Å². The van der Waals surface area contributed by atoms with E-state index in [1.165, 1.54) is 0 Å². The van der Waals surface area contributed by atoms with Crippen LogP contribution >= 0.6 is 0 Å². The molecule has 0 radical (unpaired) electrons. The summed E-state index contributed by atoms with van der Waals surface area (Å²) in [7, 11) is 1.66. The first-order valence-electron chi connectivity index (χ1n) is 5.95. The second kappa shape index (κ2) is 4.28. The van der Waals surface area contributed by atoms with E-state index in [1.807, 2.05) is 37.4 Å². The molecule has 1 aromatic carbocycles. The quantitative estimate of drug-likeness (QED) is 0.762. The Balaban J connectivity index is 2.25. The minimum Gasteiger partial charge on any atom is -0.496 e. The highest BCUT2D eigenvalue weighted by Crippen LogP contribution is 2.30. The Morgan fingerprint density at radius 3 is 2.84 bits per heavy atom. The number of anilines is 1. The van der Waals surface area contributed by atoms with E-state index in [0.717, 1.165) is 28.1 Å². The first-order chi connectivity index (χ1) is 9.19. The summed E-state index contributed by atoms with van der Waals surface area (Å²) < 4.78 is 7.09. The van der Waals surface area contributed by atoms with Gasteiger partial charge in [0.25, 0.3) is 0 Å². The molecule has 0 aliphatic rings. The van der Waals surface area contributed by atoms with Crippen molar-refractivity contribution in [2.45, 2.75) is 6.92 Å². The molecule has 0 amide bonds. The highest BCUT2D eigenvalue weighted by molar-refractivity contribution is 5.72. The van der Waals surface area contributed by atoms with E-state index in [1.54, 1.807) is 11.6 Å². The maximum absolute atomic E-state index is 5.64. The number of nitrogen functional groups attached to an aromatic ring is 1. The third kappa shape index (κ3) is 1.89. The number of aromatic nitrogens is 3. The zero-order chi connectivity index (χ0) is 13.4. The summed E-state index contributed by atoms with van der Waals surface area (Å²) in [5.41, 5.74) is 9.47. The van der Waals surface area contributed by atoms with Crippen LogP contribution in [0.3, 0.4) is 0 Å². The number of fused-ring (bicyclic) bond motifs is 1. The van der Waals surface area contributed by atoms with Gasteiger partial charge in [-0.25, -0.2) is 4.52 Å². The van der Waals surface area contributed by atoms with E-state index in [9.17, 15) is 0 Å². The fraction of sp³-hybridized carbons (Fsp3) is 0.143. The average Bonchev–Trinajstić information content (AvgIpc) is 2.79. The lowest BCUT2D eigenvalue weighted by atomic mass is 10.1. The third-order valence-electron chi connectivity index (χ3n) is 3.05. The molecule has 96 valence electrons. The van der Waals surface area contributed by atoms with Crippen LogP contribution in [0.4, 0.5) is 5.95 Å². The minimum atomic E-state index is 0.278. The van der Waals surface area contributed by atoms with Gasteiger partial charge in [0.1, 0.15) is 5.75 Å². The molecule has 0 spiro atoms. The Morgan fingerprint density at radius 1 is 1.26 bits per heavy atom. The van der Waals surface area contributed by atoms with Crippen LogP contribution < -0.4 is 10.5 Å². The lowest BCUT2D eigenvalue weighted by molar-refractivity contribution is 0.416. The number of ether oxygens (including phenoxy) is 1. The molecule has 3 rings (SSSR count). The molecular formula is C14H14N4O. The molecule has 0 saturated carbocycles. The maximum Gasteiger partial charge on any atom is 0.240 e. The molecule has 0 aliphatic carbocycles. The highest BCUT2D eigenvalue weighted by atomic mass is 16.5. The van der Waals surface area contributed by atoms with Gasteiger partial charge < -0.3 is 10.5 Å². The molecule has 0 fully saturated rings. The van der Waals surface area contributed by atoms with Crippen LogP contribution in [0.1, 0.15) is 5.56 Å². The monoisotopic (exact) mass is 254 g/mol. The van der Waals surface area contributed by atoms with E-state index in [2.05, 4.69) is 16.1 Å². The Bertz CT molecular complexity index is 748.